The van der Waals surface area contributed by atoms with E-state index in [0.717, 1.165) is 11.1 Å². The lowest BCUT2D eigenvalue weighted by Gasteiger charge is -2.08. The van der Waals surface area contributed by atoms with Crippen LogP contribution in [-0.4, -0.2) is 17.8 Å². The van der Waals surface area contributed by atoms with Gasteiger partial charge in [0.1, 0.15) is 0 Å². The maximum absolute atomic E-state index is 12.7. The SMILES string of the molecule is NC(=Nc1cccc(NC(=O)c2ccc(-c3ccccc3)cc2)c1)NC(=O)c1ccccc1. The van der Waals surface area contributed by atoms with Crippen LogP contribution in [0.15, 0.2) is 114 Å². The molecule has 0 spiro atoms. The summed E-state index contributed by atoms with van der Waals surface area (Å²) < 4.78 is 0. The number of nitrogens with zero attached hydrogens (tertiary/aromatic N) is 1. The highest BCUT2D eigenvalue weighted by atomic mass is 16.2. The number of anilines is 1. The topological polar surface area (TPSA) is 96.6 Å². The lowest BCUT2D eigenvalue weighted by atomic mass is 10.0. The van der Waals surface area contributed by atoms with Gasteiger partial charge in [-0.15, -0.1) is 0 Å². The van der Waals surface area contributed by atoms with Crippen LogP contribution in [0.4, 0.5) is 11.4 Å². The number of carbonyl (C=O) groups excluding carboxylic acids is 2. The highest BCUT2D eigenvalue weighted by Crippen LogP contribution is 2.21. The molecule has 0 aliphatic rings. The number of benzene rings is 4. The molecule has 0 atom stereocenters. The Morgan fingerprint density at radius 2 is 1.24 bits per heavy atom. The Kier molecular flexibility index (Phi) is 6.56. The molecule has 4 rings (SSSR count). The molecule has 0 radical (unpaired) electrons. The van der Waals surface area contributed by atoms with Crippen molar-refractivity contribution < 1.29 is 9.59 Å². The molecule has 0 saturated carbocycles. The van der Waals surface area contributed by atoms with Gasteiger partial charge in [-0.05, 0) is 53.6 Å². The summed E-state index contributed by atoms with van der Waals surface area (Å²) in [5.41, 5.74) is 10.1. The number of guanidine groups is 1. The van der Waals surface area contributed by atoms with Gasteiger partial charge in [0.15, 0.2) is 0 Å². The predicted octanol–water partition coefficient (Wildman–Crippen LogP) is 4.98. The lowest BCUT2D eigenvalue weighted by molar-refractivity contribution is 0.0975. The summed E-state index contributed by atoms with van der Waals surface area (Å²) in [6, 6.07) is 33.0. The van der Waals surface area contributed by atoms with Crippen molar-refractivity contribution in [3.8, 4) is 11.1 Å². The van der Waals surface area contributed by atoms with E-state index in [1.165, 1.54) is 0 Å². The van der Waals surface area contributed by atoms with Crippen molar-refractivity contribution in [1.82, 2.24) is 5.32 Å². The Morgan fingerprint density at radius 3 is 1.94 bits per heavy atom. The van der Waals surface area contributed by atoms with E-state index >= 15 is 0 Å². The molecule has 0 fully saturated rings. The summed E-state index contributed by atoms with van der Waals surface area (Å²) in [5.74, 6) is -0.620. The molecule has 4 aromatic carbocycles. The van der Waals surface area contributed by atoms with Crippen LogP contribution in [0.2, 0.25) is 0 Å². The van der Waals surface area contributed by atoms with E-state index in [1.54, 1.807) is 60.7 Å². The molecule has 33 heavy (non-hydrogen) atoms. The molecular weight excluding hydrogens is 412 g/mol. The number of carbonyl (C=O) groups is 2. The highest BCUT2D eigenvalue weighted by molar-refractivity contribution is 6.06. The van der Waals surface area contributed by atoms with Gasteiger partial charge in [0.25, 0.3) is 11.8 Å². The van der Waals surface area contributed by atoms with Crippen LogP contribution in [0.1, 0.15) is 20.7 Å². The van der Waals surface area contributed by atoms with Crippen LogP contribution in [0.3, 0.4) is 0 Å². The van der Waals surface area contributed by atoms with Crippen LogP contribution in [0, 0.1) is 0 Å². The second kappa shape index (κ2) is 10.1. The summed E-state index contributed by atoms with van der Waals surface area (Å²) in [6.45, 7) is 0. The summed E-state index contributed by atoms with van der Waals surface area (Å²) in [4.78, 5) is 29.1. The molecule has 0 heterocycles. The number of nitrogens with one attached hydrogen (secondary N) is 2. The van der Waals surface area contributed by atoms with Gasteiger partial charge in [-0.3, -0.25) is 14.9 Å². The fourth-order valence-corrected chi connectivity index (χ4v) is 3.25. The first-order valence-corrected chi connectivity index (χ1v) is 10.4. The average molecular weight is 434 g/mol. The van der Waals surface area contributed by atoms with Gasteiger partial charge in [0, 0.05) is 16.8 Å². The summed E-state index contributed by atoms with van der Waals surface area (Å²) in [5, 5.41) is 5.41. The molecule has 0 saturated heterocycles. The van der Waals surface area contributed by atoms with Crippen LogP contribution in [-0.2, 0) is 0 Å². The van der Waals surface area contributed by atoms with Crippen molar-refractivity contribution in [3.63, 3.8) is 0 Å². The predicted molar refractivity (Wildman–Crippen MR) is 131 cm³/mol. The fraction of sp³-hybridized carbons (Fsp3) is 0. The molecular formula is C27H22N4O2. The van der Waals surface area contributed by atoms with Crippen LogP contribution < -0.4 is 16.4 Å². The van der Waals surface area contributed by atoms with Crippen molar-refractivity contribution >= 4 is 29.1 Å². The van der Waals surface area contributed by atoms with Crippen molar-refractivity contribution in [2.45, 2.75) is 0 Å². The molecule has 0 aromatic heterocycles. The number of nitrogens with two attached hydrogens (primary N) is 1. The molecule has 0 aliphatic carbocycles. The van der Waals surface area contributed by atoms with Gasteiger partial charge in [-0.2, -0.15) is 0 Å². The number of amides is 2. The van der Waals surface area contributed by atoms with Crippen LogP contribution >= 0.6 is 0 Å². The van der Waals surface area contributed by atoms with Crippen LogP contribution in [0.25, 0.3) is 11.1 Å². The van der Waals surface area contributed by atoms with E-state index in [-0.39, 0.29) is 17.8 Å². The molecule has 4 aromatic rings. The first-order chi connectivity index (χ1) is 16.1. The number of rotatable bonds is 5. The van der Waals surface area contributed by atoms with E-state index in [1.807, 2.05) is 48.5 Å². The third-order valence-electron chi connectivity index (χ3n) is 4.89. The zero-order valence-corrected chi connectivity index (χ0v) is 17.7. The monoisotopic (exact) mass is 434 g/mol. The maximum atomic E-state index is 12.7. The number of aliphatic imine (C=N–C) groups is 1. The number of hydrogen-bond donors (Lipinski definition) is 3. The molecule has 0 bridgehead atoms. The zero-order chi connectivity index (χ0) is 23.0. The van der Waals surface area contributed by atoms with Gasteiger partial charge in [-0.25, -0.2) is 4.99 Å². The Balaban J connectivity index is 1.42. The third kappa shape index (κ3) is 5.71. The Hall–Kier alpha value is -4.71. The quantitative estimate of drug-likeness (QED) is 0.305. The second-order valence-corrected chi connectivity index (χ2v) is 7.27. The number of hydrogen-bond acceptors (Lipinski definition) is 3. The van der Waals surface area contributed by atoms with E-state index in [2.05, 4.69) is 15.6 Å². The van der Waals surface area contributed by atoms with Crippen LogP contribution in [0.5, 0.6) is 0 Å². The fourth-order valence-electron chi connectivity index (χ4n) is 3.25. The van der Waals surface area contributed by atoms with Crippen molar-refractivity contribution in [1.29, 1.82) is 0 Å². The standard InChI is InChI=1S/C27H22N4O2/c28-27(31-26(33)21-10-5-2-6-11-21)30-24-13-7-12-23(18-24)29-25(32)22-16-14-20(15-17-22)19-8-3-1-4-9-19/h1-18H,(H,29,32)(H3,28,30,31,33). The molecule has 2 amide bonds. The lowest BCUT2D eigenvalue weighted by Crippen LogP contribution is -2.36. The van der Waals surface area contributed by atoms with Gasteiger partial charge < -0.3 is 11.1 Å². The minimum Gasteiger partial charge on any atom is -0.369 e. The minimum absolute atomic E-state index is 0.0381. The molecule has 6 heteroatoms. The zero-order valence-electron chi connectivity index (χ0n) is 17.7. The van der Waals surface area contributed by atoms with Gasteiger partial charge in [0.05, 0.1) is 5.69 Å². The van der Waals surface area contributed by atoms with Gasteiger partial charge in [-0.1, -0.05) is 66.7 Å². The van der Waals surface area contributed by atoms with Crippen molar-refractivity contribution in [3.05, 3.63) is 120 Å². The van der Waals surface area contributed by atoms with Crippen molar-refractivity contribution in [2.75, 3.05) is 5.32 Å². The summed E-state index contributed by atoms with van der Waals surface area (Å²) in [6.07, 6.45) is 0. The normalized spacial score (nSPS) is 11.0. The molecule has 4 N–H and O–H groups in total. The first kappa shape index (κ1) is 21.5. The average Bonchev–Trinajstić information content (AvgIpc) is 2.85. The molecule has 0 aliphatic heterocycles. The van der Waals surface area contributed by atoms with E-state index in [9.17, 15) is 9.59 Å². The van der Waals surface area contributed by atoms with Crippen molar-refractivity contribution in [2.24, 2.45) is 10.7 Å². The summed E-state index contributed by atoms with van der Waals surface area (Å²) in [7, 11) is 0. The molecule has 6 nitrogen and oxygen atoms in total. The van der Waals surface area contributed by atoms with Gasteiger partial charge in [0.2, 0.25) is 5.96 Å². The molecule has 0 unspecified atom stereocenters. The Morgan fingerprint density at radius 1 is 0.636 bits per heavy atom. The largest absolute Gasteiger partial charge is 0.369 e. The maximum Gasteiger partial charge on any atom is 0.257 e. The minimum atomic E-state index is -0.347. The van der Waals surface area contributed by atoms with E-state index in [0.29, 0.717) is 22.5 Å². The first-order valence-electron chi connectivity index (χ1n) is 10.4. The van der Waals surface area contributed by atoms with Gasteiger partial charge >= 0.3 is 0 Å². The smallest absolute Gasteiger partial charge is 0.257 e. The second-order valence-electron chi connectivity index (χ2n) is 7.27. The summed E-state index contributed by atoms with van der Waals surface area (Å²) >= 11 is 0. The molecule has 162 valence electrons. The Bertz CT molecular complexity index is 1280. The third-order valence-corrected chi connectivity index (χ3v) is 4.89. The van der Waals surface area contributed by atoms with E-state index in [4.69, 9.17) is 5.73 Å². The van der Waals surface area contributed by atoms with E-state index < -0.39 is 0 Å². The highest BCUT2D eigenvalue weighted by Gasteiger charge is 2.08. The Labute approximate surface area is 191 Å².